The van der Waals surface area contributed by atoms with Crippen LogP contribution in [0.25, 0.3) is 0 Å². The number of hydrogen-bond acceptors (Lipinski definition) is 3. The number of hydrogen-bond donors (Lipinski definition) is 2. The number of amides is 2. The molecule has 70 valence electrons. The summed E-state index contributed by atoms with van der Waals surface area (Å²) in [4.78, 5) is 22.3. The Bertz CT molecular complexity index is 265. The first-order valence-electron chi connectivity index (χ1n) is 4.52. The molecule has 2 unspecified atom stereocenters. The summed E-state index contributed by atoms with van der Waals surface area (Å²) in [5.41, 5.74) is 0. The van der Waals surface area contributed by atoms with Gasteiger partial charge in [-0.05, 0) is 19.0 Å². The molecule has 0 aromatic rings. The van der Waals surface area contributed by atoms with Crippen molar-refractivity contribution < 1.29 is 9.59 Å². The van der Waals surface area contributed by atoms with Crippen LogP contribution in [0.3, 0.4) is 0 Å². The van der Waals surface area contributed by atoms with Gasteiger partial charge in [0.05, 0.1) is 5.92 Å². The molecule has 4 nitrogen and oxygen atoms in total. The minimum Gasteiger partial charge on any atom is -0.387 e. The molecule has 2 heterocycles. The van der Waals surface area contributed by atoms with Crippen LogP contribution in [0.2, 0.25) is 0 Å². The van der Waals surface area contributed by atoms with Gasteiger partial charge in [-0.15, -0.1) is 0 Å². The van der Waals surface area contributed by atoms with Crippen molar-refractivity contribution in [1.82, 2.24) is 10.6 Å². The molecule has 2 amide bonds. The van der Waals surface area contributed by atoms with Gasteiger partial charge in [0.15, 0.2) is 0 Å². The third-order valence-electron chi connectivity index (χ3n) is 2.59. The molecular weight excluding hydrogens is 168 g/mol. The zero-order valence-electron chi connectivity index (χ0n) is 7.25. The zero-order chi connectivity index (χ0) is 9.26. The molecule has 2 aliphatic heterocycles. The highest BCUT2D eigenvalue weighted by atomic mass is 16.2. The maximum absolute atomic E-state index is 11.4. The zero-order valence-corrected chi connectivity index (χ0v) is 7.25. The van der Waals surface area contributed by atoms with Gasteiger partial charge in [0.1, 0.15) is 0 Å². The van der Waals surface area contributed by atoms with Crippen LogP contribution in [-0.2, 0) is 9.59 Å². The van der Waals surface area contributed by atoms with E-state index in [1.165, 1.54) is 0 Å². The highest BCUT2D eigenvalue weighted by molar-refractivity contribution is 5.98. The van der Waals surface area contributed by atoms with Gasteiger partial charge in [-0.1, -0.05) is 6.08 Å². The number of piperidine rings is 1. The molecule has 1 fully saturated rings. The quantitative estimate of drug-likeness (QED) is 0.555. The number of imide groups is 1. The Morgan fingerprint density at radius 1 is 1.38 bits per heavy atom. The van der Waals surface area contributed by atoms with E-state index in [1.807, 2.05) is 12.3 Å². The molecule has 2 atom stereocenters. The van der Waals surface area contributed by atoms with E-state index in [4.69, 9.17) is 0 Å². The van der Waals surface area contributed by atoms with E-state index in [-0.39, 0.29) is 23.8 Å². The first kappa shape index (κ1) is 8.29. The molecule has 0 spiro atoms. The Kier molecular flexibility index (Phi) is 2.04. The second kappa shape index (κ2) is 3.20. The van der Waals surface area contributed by atoms with Crippen molar-refractivity contribution >= 4 is 11.8 Å². The first-order valence-corrected chi connectivity index (χ1v) is 4.52. The molecule has 1 saturated heterocycles. The van der Waals surface area contributed by atoms with Crippen LogP contribution in [0.4, 0.5) is 0 Å². The summed E-state index contributed by atoms with van der Waals surface area (Å²) in [5.74, 6) is -0.322. The van der Waals surface area contributed by atoms with E-state index in [9.17, 15) is 9.59 Å². The van der Waals surface area contributed by atoms with Gasteiger partial charge in [0, 0.05) is 12.5 Å². The maximum atomic E-state index is 11.4. The third kappa shape index (κ3) is 1.56. The fraction of sp³-hybridized carbons (Fsp3) is 0.556. The lowest BCUT2D eigenvalue weighted by atomic mass is 9.90. The minimum atomic E-state index is -0.146. The number of rotatable bonds is 1. The summed E-state index contributed by atoms with van der Waals surface area (Å²) in [7, 11) is 0. The lowest BCUT2D eigenvalue weighted by molar-refractivity contribution is -0.136. The van der Waals surface area contributed by atoms with Gasteiger partial charge in [-0.2, -0.15) is 0 Å². The molecule has 2 rings (SSSR count). The SMILES string of the molecule is O=C1CCC(C2CC=CN2)C(=O)N1. The monoisotopic (exact) mass is 180 g/mol. The molecule has 0 saturated carbocycles. The standard InChI is InChI=1S/C9H12N2O2/c12-8-4-3-6(9(13)11-8)7-2-1-5-10-7/h1,5-7,10H,2-4H2,(H,11,12,13). The number of carbonyl (C=O) groups is 2. The summed E-state index contributed by atoms with van der Waals surface area (Å²) in [5, 5.41) is 5.48. The van der Waals surface area contributed by atoms with Crippen LogP contribution in [0.15, 0.2) is 12.3 Å². The lowest BCUT2D eigenvalue weighted by Gasteiger charge is -2.26. The van der Waals surface area contributed by atoms with Crippen LogP contribution < -0.4 is 10.6 Å². The first-order chi connectivity index (χ1) is 6.27. The number of carbonyl (C=O) groups excluding carboxylic acids is 2. The van der Waals surface area contributed by atoms with Crippen LogP contribution >= 0.6 is 0 Å². The second-order valence-electron chi connectivity index (χ2n) is 3.47. The summed E-state index contributed by atoms with van der Waals surface area (Å²) >= 11 is 0. The smallest absolute Gasteiger partial charge is 0.231 e. The molecular formula is C9H12N2O2. The molecule has 2 N–H and O–H groups in total. The second-order valence-corrected chi connectivity index (χ2v) is 3.47. The Hall–Kier alpha value is -1.32. The molecule has 4 heteroatoms. The fourth-order valence-corrected chi connectivity index (χ4v) is 1.85. The Morgan fingerprint density at radius 3 is 2.85 bits per heavy atom. The van der Waals surface area contributed by atoms with E-state index in [0.717, 1.165) is 6.42 Å². The largest absolute Gasteiger partial charge is 0.387 e. The van der Waals surface area contributed by atoms with Crippen molar-refractivity contribution in [1.29, 1.82) is 0 Å². The van der Waals surface area contributed by atoms with Gasteiger partial charge < -0.3 is 5.32 Å². The fourth-order valence-electron chi connectivity index (χ4n) is 1.85. The highest BCUT2D eigenvalue weighted by Crippen LogP contribution is 2.21. The Labute approximate surface area is 76.4 Å². The predicted octanol–water partition coefficient (Wildman–Crippen LogP) is -0.0852. The molecule has 0 aliphatic carbocycles. The van der Waals surface area contributed by atoms with Gasteiger partial charge in [0.25, 0.3) is 0 Å². The van der Waals surface area contributed by atoms with Gasteiger partial charge in [-0.25, -0.2) is 0 Å². The molecule has 13 heavy (non-hydrogen) atoms. The summed E-state index contributed by atoms with van der Waals surface area (Å²) in [6.07, 6.45) is 5.90. The molecule has 2 aliphatic rings. The lowest BCUT2D eigenvalue weighted by Crippen LogP contribution is -2.47. The van der Waals surface area contributed by atoms with Gasteiger partial charge in [0.2, 0.25) is 11.8 Å². The minimum absolute atomic E-state index is 0.0484. The Balaban J connectivity index is 1.99. The number of nitrogens with one attached hydrogen (secondary N) is 2. The van der Waals surface area contributed by atoms with Crippen molar-refractivity contribution in [2.45, 2.75) is 25.3 Å². The maximum Gasteiger partial charge on any atom is 0.231 e. The van der Waals surface area contributed by atoms with Crippen LogP contribution in [0.1, 0.15) is 19.3 Å². The summed E-state index contributed by atoms with van der Waals surface area (Å²) in [6.45, 7) is 0. The molecule has 0 bridgehead atoms. The van der Waals surface area contributed by atoms with Crippen LogP contribution in [0.5, 0.6) is 0 Å². The van der Waals surface area contributed by atoms with Gasteiger partial charge in [-0.3, -0.25) is 14.9 Å². The van der Waals surface area contributed by atoms with Crippen LogP contribution in [0, 0.1) is 5.92 Å². The van der Waals surface area contributed by atoms with Crippen molar-refractivity contribution in [2.24, 2.45) is 5.92 Å². The normalized spacial score (nSPS) is 32.9. The third-order valence-corrected chi connectivity index (χ3v) is 2.59. The average molecular weight is 180 g/mol. The average Bonchev–Trinajstić information content (AvgIpc) is 2.56. The summed E-state index contributed by atoms with van der Waals surface area (Å²) < 4.78 is 0. The summed E-state index contributed by atoms with van der Waals surface area (Å²) in [6, 6.07) is 0.188. The van der Waals surface area contributed by atoms with Crippen molar-refractivity contribution in [3.05, 3.63) is 12.3 Å². The molecule has 0 radical (unpaired) electrons. The molecule has 0 aromatic carbocycles. The van der Waals surface area contributed by atoms with E-state index in [2.05, 4.69) is 10.6 Å². The van der Waals surface area contributed by atoms with E-state index >= 15 is 0 Å². The van der Waals surface area contributed by atoms with E-state index in [0.29, 0.717) is 12.8 Å². The highest BCUT2D eigenvalue weighted by Gasteiger charge is 2.33. The van der Waals surface area contributed by atoms with Crippen LogP contribution in [-0.4, -0.2) is 17.9 Å². The van der Waals surface area contributed by atoms with E-state index in [1.54, 1.807) is 0 Å². The van der Waals surface area contributed by atoms with Crippen molar-refractivity contribution in [2.75, 3.05) is 0 Å². The Morgan fingerprint density at radius 2 is 2.23 bits per heavy atom. The topological polar surface area (TPSA) is 58.2 Å². The van der Waals surface area contributed by atoms with Crippen molar-refractivity contribution in [3.63, 3.8) is 0 Å². The van der Waals surface area contributed by atoms with E-state index < -0.39 is 0 Å². The molecule has 0 aromatic heterocycles. The predicted molar refractivity (Wildman–Crippen MR) is 46.6 cm³/mol. The van der Waals surface area contributed by atoms with Crippen molar-refractivity contribution in [3.8, 4) is 0 Å². The van der Waals surface area contributed by atoms with Gasteiger partial charge >= 0.3 is 0 Å².